The molecule has 0 amide bonds. The van der Waals surface area contributed by atoms with E-state index in [9.17, 15) is 9.59 Å². The van der Waals surface area contributed by atoms with Crippen molar-refractivity contribution in [1.29, 1.82) is 0 Å². The summed E-state index contributed by atoms with van der Waals surface area (Å²) < 4.78 is 10.1. The van der Waals surface area contributed by atoms with Gasteiger partial charge in [-0.2, -0.15) is 0 Å². The molecule has 0 bridgehead atoms. The van der Waals surface area contributed by atoms with Crippen LogP contribution in [0.3, 0.4) is 0 Å². The van der Waals surface area contributed by atoms with Gasteiger partial charge in [0.05, 0.1) is 6.61 Å². The quantitative estimate of drug-likeness (QED) is 0.401. The first-order chi connectivity index (χ1) is 10.2. The third kappa shape index (κ3) is 10.3. The van der Waals surface area contributed by atoms with E-state index in [1.165, 1.54) is 51.9 Å². The first-order valence-electron chi connectivity index (χ1n) is 8.51. The molecule has 4 nitrogen and oxygen atoms in total. The molecule has 0 aromatic rings. The number of carbonyl (C=O) groups is 2. The number of cyclic esters (lactones) is 1. The van der Waals surface area contributed by atoms with E-state index in [-0.39, 0.29) is 18.0 Å². The van der Waals surface area contributed by atoms with Crippen LogP contribution in [-0.2, 0) is 19.1 Å². The number of hydrogen-bond acceptors (Lipinski definition) is 4. The molecule has 0 aliphatic carbocycles. The number of hydrogen-bond donors (Lipinski definition) is 0. The molecule has 0 saturated carbocycles. The van der Waals surface area contributed by atoms with Crippen molar-refractivity contribution in [2.45, 2.75) is 90.1 Å². The van der Waals surface area contributed by atoms with Gasteiger partial charge < -0.3 is 9.47 Å². The van der Waals surface area contributed by atoms with Crippen LogP contribution in [0.15, 0.2) is 0 Å². The molecule has 0 aromatic heterocycles. The topological polar surface area (TPSA) is 52.6 Å². The third-order valence-electron chi connectivity index (χ3n) is 3.94. The number of unbranched alkanes of at least 4 members (excludes halogenated alkanes) is 8. The highest BCUT2D eigenvalue weighted by atomic mass is 16.5. The smallest absolute Gasteiger partial charge is 0.306 e. The molecule has 1 fully saturated rings. The molecule has 1 saturated heterocycles. The van der Waals surface area contributed by atoms with Crippen molar-refractivity contribution in [3.63, 3.8) is 0 Å². The third-order valence-corrected chi connectivity index (χ3v) is 3.94. The van der Waals surface area contributed by atoms with E-state index in [0.717, 1.165) is 25.7 Å². The minimum Gasteiger partial charge on any atom is -0.466 e. The highest BCUT2D eigenvalue weighted by Crippen LogP contribution is 2.20. The molecular weight excluding hydrogens is 268 g/mol. The Morgan fingerprint density at radius 1 is 1.05 bits per heavy atom. The van der Waals surface area contributed by atoms with Crippen molar-refractivity contribution in [2.24, 2.45) is 0 Å². The van der Waals surface area contributed by atoms with Gasteiger partial charge in [-0.3, -0.25) is 9.59 Å². The average Bonchev–Trinajstić information content (AvgIpc) is 2.85. The molecule has 0 aromatic carbocycles. The van der Waals surface area contributed by atoms with Gasteiger partial charge in [0, 0.05) is 13.3 Å². The van der Waals surface area contributed by atoms with Crippen molar-refractivity contribution in [1.82, 2.24) is 0 Å². The molecule has 0 N–H and O–H groups in total. The molecule has 1 rings (SSSR count). The second-order valence-corrected chi connectivity index (χ2v) is 5.96. The van der Waals surface area contributed by atoms with Crippen molar-refractivity contribution >= 4 is 11.9 Å². The highest BCUT2D eigenvalue weighted by Gasteiger charge is 2.22. The van der Waals surface area contributed by atoms with Crippen LogP contribution in [0.5, 0.6) is 0 Å². The van der Waals surface area contributed by atoms with E-state index in [0.29, 0.717) is 13.0 Å². The van der Waals surface area contributed by atoms with E-state index >= 15 is 0 Å². The van der Waals surface area contributed by atoms with E-state index in [1.807, 2.05) is 0 Å². The summed E-state index contributed by atoms with van der Waals surface area (Å²) in [6, 6.07) is 0. The zero-order valence-corrected chi connectivity index (χ0v) is 13.4. The molecule has 0 radical (unpaired) electrons. The molecule has 1 aliphatic heterocycles. The van der Waals surface area contributed by atoms with Crippen molar-refractivity contribution in [2.75, 3.05) is 6.61 Å². The lowest BCUT2D eigenvalue weighted by molar-refractivity contribution is -0.142. The number of carbonyl (C=O) groups excluding carboxylic acids is 2. The molecule has 0 spiro atoms. The maximum atomic E-state index is 10.9. The Morgan fingerprint density at radius 3 is 2.14 bits per heavy atom. The first kappa shape index (κ1) is 18.0. The second kappa shape index (κ2) is 11.6. The minimum absolute atomic E-state index is 0.0197. The summed E-state index contributed by atoms with van der Waals surface area (Å²) in [4.78, 5) is 21.5. The highest BCUT2D eigenvalue weighted by molar-refractivity contribution is 5.71. The van der Waals surface area contributed by atoms with Gasteiger partial charge in [-0.05, 0) is 25.7 Å². The summed E-state index contributed by atoms with van der Waals surface area (Å²) in [5, 5.41) is 0. The summed E-state index contributed by atoms with van der Waals surface area (Å²) in [5.74, 6) is -0.198. The SMILES string of the molecule is CC(=O)OCCCCCCCCCCCC1CCC(=O)O1. The predicted molar refractivity (Wildman–Crippen MR) is 81.9 cm³/mol. The van der Waals surface area contributed by atoms with Crippen LogP contribution in [0, 0.1) is 0 Å². The molecule has 1 unspecified atom stereocenters. The Balaban J connectivity index is 1.73. The van der Waals surface area contributed by atoms with Gasteiger partial charge in [-0.1, -0.05) is 44.9 Å². The first-order valence-corrected chi connectivity index (χ1v) is 8.51. The van der Waals surface area contributed by atoms with Crippen LogP contribution in [0.25, 0.3) is 0 Å². The average molecular weight is 298 g/mol. The summed E-state index contributed by atoms with van der Waals surface area (Å²) in [6.45, 7) is 2.03. The van der Waals surface area contributed by atoms with E-state index in [2.05, 4.69) is 0 Å². The monoisotopic (exact) mass is 298 g/mol. The van der Waals surface area contributed by atoms with Crippen LogP contribution in [0.4, 0.5) is 0 Å². The standard InChI is InChI=1S/C17H30O4/c1-15(18)20-14-10-8-6-4-2-3-5-7-9-11-16-12-13-17(19)21-16/h16H,2-14H2,1H3. The Labute approximate surface area is 128 Å². The molecule has 1 aliphatic rings. The lowest BCUT2D eigenvalue weighted by atomic mass is 10.0. The number of rotatable bonds is 12. The van der Waals surface area contributed by atoms with Crippen molar-refractivity contribution in [3.8, 4) is 0 Å². The zero-order valence-electron chi connectivity index (χ0n) is 13.4. The predicted octanol–water partition coefficient (Wildman–Crippen LogP) is 4.16. The fraction of sp³-hybridized carbons (Fsp3) is 0.882. The summed E-state index contributed by atoms with van der Waals surface area (Å²) in [7, 11) is 0. The Hall–Kier alpha value is -1.06. The van der Waals surface area contributed by atoms with Gasteiger partial charge in [0.15, 0.2) is 0 Å². The number of esters is 2. The van der Waals surface area contributed by atoms with Gasteiger partial charge in [0.25, 0.3) is 0 Å². The second-order valence-electron chi connectivity index (χ2n) is 5.96. The van der Waals surface area contributed by atoms with E-state index in [1.54, 1.807) is 0 Å². The lowest BCUT2D eigenvalue weighted by Gasteiger charge is -2.08. The van der Waals surface area contributed by atoms with Crippen LogP contribution in [-0.4, -0.2) is 24.6 Å². The summed E-state index contributed by atoms with van der Waals surface area (Å²) in [6.07, 6.45) is 13.8. The Bertz CT molecular complexity index is 301. The number of ether oxygens (including phenoxy) is 2. The summed E-state index contributed by atoms with van der Waals surface area (Å²) >= 11 is 0. The fourth-order valence-electron chi connectivity index (χ4n) is 2.71. The molecule has 21 heavy (non-hydrogen) atoms. The van der Waals surface area contributed by atoms with Crippen LogP contribution in [0.2, 0.25) is 0 Å². The maximum Gasteiger partial charge on any atom is 0.306 e. The Kier molecular flexibility index (Phi) is 9.92. The van der Waals surface area contributed by atoms with Gasteiger partial charge in [0.2, 0.25) is 0 Å². The lowest BCUT2D eigenvalue weighted by Crippen LogP contribution is -2.06. The molecule has 1 heterocycles. The van der Waals surface area contributed by atoms with E-state index in [4.69, 9.17) is 9.47 Å². The van der Waals surface area contributed by atoms with Crippen LogP contribution < -0.4 is 0 Å². The zero-order chi connectivity index (χ0) is 15.3. The maximum absolute atomic E-state index is 10.9. The van der Waals surface area contributed by atoms with E-state index < -0.39 is 0 Å². The van der Waals surface area contributed by atoms with Gasteiger partial charge >= 0.3 is 11.9 Å². The summed E-state index contributed by atoms with van der Waals surface area (Å²) in [5.41, 5.74) is 0. The van der Waals surface area contributed by atoms with Crippen LogP contribution in [0.1, 0.15) is 84.0 Å². The van der Waals surface area contributed by atoms with Gasteiger partial charge in [-0.15, -0.1) is 0 Å². The minimum atomic E-state index is -0.178. The van der Waals surface area contributed by atoms with Gasteiger partial charge in [0.1, 0.15) is 6.10 Å². The normalized spacial score (nSPS) is 17.8. The molecular formula is C17H30O4. The fourth-order valence-corrected chi connectivity index (χ4v) is 2.71. The van der Waals surface area contributed by atoms with Crippen LogP contribution >= 0.6 is 0 Å². The largest absolute Gasteiger partial charge is 0.466 e. The molecule has 4 heteroatoms. The Morgan fingerprint density at radius 2 is 1.62 bits per heavy atom. The van der Waals surface area contributed by atoms with Gasteiger partial charge in [-0.25, -0.2) is 0 Å². The van der Waals surface area contributed by atoms with Crippen molar-refractivity contribution in [3.05, 3.63) is 0 Å². The molecule has 122 valence electrons. The molecule has 1 atom stereocenters. The van der Waals surface area contributed by atoms with Crippen molar-refractivity contribution < 1.29 is 19.1 Å².